The van der Waals surface area contributed by atoms with Gasteiger partial charge in [-0.25, -0.2) is 0 Å². The van der Waals surface area contributed by atoms with E-state index in [2.05, 4.69) is 47.8 Å². The van der Waals surface area contributed by atoms with Gasteiger partial charge in [0, 0.05) is 50.2 Å². The van der Waals surface area contributed by atoms with Crippen LogP contribution in [0.1, 0.15) is 78.1 Å². The Labute approximate surface area is 166 Å². The maximum atomic E-state index is 2.62. The molecule has 0 N–H and O–H groups in total. The highest BCUT2D eigenvalue weighted by Gasteiger charge is 2.56. The molecular formula is C23H37ClN2. The van der Waals surface area contributed by atoms with Crippen LogP contribution < -0.4 is 21.9 Å². The molecule has 4 fully saturated rings. The van der Waals surface area contributed by atoms with Gasteiger partial charge < -0.3 is 17.3 Å². The summed E-state index contributed by atoms with van der Waals surface area (Å²) < 4.78 is 2.62. The smallest absolute Gasteiger partial charge is 0.171 e. The number of nitrogens with zero attached hydrogens (tertiary/aromatic N) is 2. The number of anilines is 1. The van der Waals surface area contributed by atoms with Crippen LogP contribution in [0.2, 0.25) is 0 Å². The average molecular weight is 377 g/mol. The molecule has 26 heavy (non-hydrogen) atoms. The van der Waals surface area contributed by atoms with Gasteiger partial charge in [-0.15, -0.1) is 0 Å². The van der Waals surface area contributed by atoms with E-state index in [9.17, 15) is 0 Å². The van der Waals surface area contributed by atoms with Crippen molar-refractivity contribution in [1.29, 1.82) is 0 Å². The third kappa shape index (κ3) is 3.91. The molecule has 0 amide bonds. The van der Waals surface area contributed by atoms with Gasteiger partial charge in [0.25, 0.3) is 0 Å². The quantitative estimate of drug-likeness (QED) is 0.631. The van der Waals surface area contributed by atoms with Gasteiger partial charge in [0.2, 0.25) is 0 Å². The van der Waals surface area contributed by atoms with Gasteiger partial charge >= 0.3 is 0 Å². The second-order valence-electron chi connectivity index (χ2n) is 9.30. The van der Waals surface area contributed by atoms with Crippen LogP contribution in [-0.2, 0) is 5.54 Å². The van der Waals surface area contributed by atoms with E-state index in [1.807, 2.05) is 0 Å². The van der Waals surface area contributed by atoms with Crippen LogP contribution in [0.25, 0.3) is 0 Å². The lowest BCUT2D eigenvalue weighted by Crippen LogP contribution is -3.00. The Morgan fingerprint density at radius 2 is 1.35 bits per heavy atom. The van der Waals surface area contributed by atoms with Crippen molar-refractivity contribution in [3.8, 4) is 0 Å². The minimum absolute atomic E-state index is 0. The Hall–Kier alpha value is -0.760. The molecule has 0 aromatic carbocycles. The minimum Gasteiger partial charge on any atom is -1.00 e. The minimum atomic E-state index is 0. The van der Waals surface area contributed by atoms with Crippen molar-refractivity contribution in [1.82, 2.24) is 0 Å². The molecule has 5 rings (SSSR count). The first-order valence-electron chi connectivity index (χ1n) is 11.0. The molecular weight excluding hydrogens is 340 g/mol. The summed E-state index contributed by atoms with van der Waals surface area (Å²) in [5.74, 6) is 3.05. The molecule has 4 saturated carbocycles. The molecule has 4 bridgehead atoms. The summed E-state index contributed by atoms with van der Waals surface area (Å²) in [6, 6.07) is 4.81. The van der Waals surface area contributed by atoms with E-state index in [0.717, 1.165) is 17.8 Å². The van der Waals surface area contributed by atoms with E-state index in [1.54, 1.807) is 0 Å². The molecule has 4 aliphatic carbocycles. The Morgan fingerprint density at radius 3 is 1.77 bits per heavy atom. The number of hydrogen-bond donors (Lipinski definition) is 0. The molecule has 3 heteroatoms. The van der Waals surface area contributed by atoms with Crippen LogP contribution in [-0.4, -0.2) is 13.1 Å². The fraction of sp³-hybridized carbons (Fsp3) is 0.783. The predicted octanol–water partition coefficient (Wildman–Crippen LogP) is 2.31. The van der Waals surface area contributed by atoms with E-state index in [1.165, 1.54) is 83.0 Å². The number of rotatable bonds is 8. The molecule has 0 aliphatic heterocycles. The summed E-state index contributed by atoms with van der Waals surface area (Å²) >= 11 is 0. The van der Waals surface area contributed by atoms with E-state index in [-0.39, 0.29) is 12.4 Å². The van der Waals surface area contributed by atoms with Crippen molar-refractivity contribution in [3.05, 3.63) is 24.5 Å². The summed E-state index contributed by atoms with van der Waals surface area (Å²) in [6.45, 7) is 7.00. The van der Waals surface area contributed by atoms with E-state index in [4.69, 9.17) is 0 Å². The molecule has 146 valence electrons. The highest BCUT2D eigenvalue weighted by atomic mass is 35.5. The van der Waals surface area contributed by atoms with E-state index >= 15 is 0 Å². The second kappa shape index (κ2) is 8.50. The van der Waals surface area contributed by atoms with Gasteiger partial charge in [0.15, 0.2) is 17.9 Å². The van der Waals surface area contributed by atoms with Crippen LogP contribution >= 0.6 is 0 Å². The normalized spacial score (nSPS) is 31.7. The predicted molar refractivity (Wildman–Crippen MR) is 105 cm³/mol. The lowest BCUT2D eigenvalue weighted by Gasteiger charge is -2.53. The van der Waals surface area contributed by atoms with Crippen molar-refractivity contribution in [2.24, 2.45) is 17.8 Å². The van der Waals surface area contributed by atoms with E-state index in [0.29, 0.717) is 5.54 Å². The lowest BCUT2D eigenvalue weighted by atomic mass is 9.53. The molecule has 0 saturated heterocycles. The van der Waals surface area contributed by atoms with Crippen molar-refractivity contribution in [2.75, 3.05) is 18.0 Å². The Morgan fingerprint density at radius 1 is 0.885 bits per heavy atom. The van der Waals surface area contributed by atoms with Crippen LogP contribution in [0, 0.1) is 17.8 Å². The van der Waals surface area contributed by atoms with Crippen LogP contribution in [0.3, 0.4) is 0 Å². The third-order valence-electron chi connectivity index (χ3n) is 7.29. The van der Waals surface area contributed by atoms with Gasteiger partial charge in [-0.05, 0) is 49.9 Å². The molecule has 0 radical (unpaired) electrons. The van der Waals surface area contributed by atoms with Gasteiger partial charge in [0.1, 0.15) is 0 Å². The maximum Gasteiger partial charge on any atom is 0.171 e. The second-order valence-corrected chi connectivity index (χ2v) is 9.30. The third-order valence-corrected chi connectivity index (χ3v) is 7.29. The lowest BCUT2D eigenvalue weighted by molar-refractivity contribution is -0.776. The number of hydrogen-bond acceptors (Lipinski definition) is 1. The highest BCUT2D eigenvalue weighted by molar-refractivity contribution is 5.43. The summed E-state index contributed by atoms with van der Waals surface area (Å²) in [4.78, 5) is 2.61. The van der Waals surface area contributed by atoms with Crippen LogP contribution in [0.5, 0.6) is 0 Å². The number of halogens is 1. The Bertz CT molecular complexity index is 525. The standard InChI is InChI=1S/C23H37N2.ClH/c1-3-5-9-24(10-6-4-2)22-7-11-25(12-8-22)23-16-19-13-20(17-23)15-21(14-19)18-23;/h7-8,11-12,19-21H,3-6,9-10,13-18H2,1-2H3;1H/q+1;/p-1. The first-order valence-corrected chi connectivity index (χ1v) is 11.0. The summed E-state index contributed by atoms with van der Waals surface area (Å²) in [7, 11) is 0. The number of unbranched alkanes of at least 4 members (excludes halogenated alkanes) is 2. The fourth-order valence-electron chi connectivity index (χ4n) is 6.39. The molecule has 1 heterocycles. The van der Waals surface area contributed by atoms with Gasteiger partial charge in [-0.1, -0.05) is 26.7 Å². The van der Waals surface area contributed by atoms with Crippen molar-refractivity contribution < 1.29 is 17.0 Å². The monoisotopic (exact) mass is 376 g/mol. The topological polar surface area (TPSA) is 7.12 Å². The zero-order valence-corrected chi connectivity index (χ0v) is 17.6. The van der Waals surface area contributed by atoms with Crippen molar-refractivity contribution in [3.63, 3.8) is 0 Å². The van der Waals surface area contributed by atoms with Gasteiger partial charge in [-0.2, -0.15) is 4.57 Å². The molecule has 2 nitrogen and oxygen atoms in total. The molecule has 4 aliphatic rings. The Balaban J connectivity index is 0.00000196. The van der Waals surface area contributed by atoms with Gasteiger partial charge in [0.05, 0.1) is 0 Å². The zero-order chi connectivity index (χ0) is 17.3. The zero-order valence-electron chi connectivity index (χ0n) is 16.8. The molecule has 1 aromatic rings. The first-order chi connectivity index (χ1) is 12.2. The van der Waals surface area contributed by atoms with Crippen LogP contribution in [0.15, 0.2) is 24.5 Å². The van der Waals surface area contributed by atoms with Gasteiger partial charge in [-0.3, -0.25) is 0 Å². The highest BCUT2D eigenvalue weighted by Crippen LogP contribution is 2.56. The fourth-order valence-corrected chi connectivity index (χ4v) is 6.39. The molecule has 0 atom stereocenters. The average Bonchev–Trinajstić information content (AvgIpc) is 2.61. The number of pyridine rings is 1. The summed E-state index contributed by atoms with van der Waals surface area (Å²) in [6.07, 6.45) is 18.9. The van der Waals surface area contributed by atoms with Crippen molar-refractivity contribution >= 4 is 5.69 Å². The van der Waals surface area contributed by atoms with E-state index < -0.39 is 0 Å². The Kier molecular flexibility index (Phi) is 6.54. The number of aromatic nitrogens is 1. The molecule has 1 aromatic heterocycles. The SMILES string of the molecule is CCCCN(CCCC)c1cc[n+](C23CC4CC(CC(C4)C2)C3)cc1.[Cl-]. The summed E-state index contributed by atoms with van der Waals surface area (Å²) in [5, 5.41) is 0. The first kappa shape index (κ1) is 20.0. The largest absolute Gasteiger partial charge is 1.00 e. The maximum absolute atomic E-state index is 2.62. The molecule has 0 spiro atoms. The van der Waals surface area contributed by atoms with Crippen LogP contribution in [0.4, 0.5) is 5.69 Å². The summed E-state index contributed by atoms with van der Waals surface area (Å²) in [5.41, 5.74) is 1.90. The molecule has 0 unspecified atom stereocenters. The van der Waals surface area contributed by atoms with Crippen molar-refractivity contribution in [2.45, 2.75) is 83.6 Å².